The molecule has 0 saturated carbocycles. The molecular weight excluding hydrogens is 382 g/mol. The van der Waals surface area contributed by atoms with Gasteiger partial charge in [-0.25, -0.2) is 0 Å². The lowest BCUT2D eigenvalue weighted by atomic mass is 10.1. The third kappa shape index (κ3) is 4.87. The second-order valence-electron chi connectivity index (χ2n) is 8.03. The summed E-state index contributed by atoms with van der Waals surface area (Å²) in [7, 11) is 1.55. The van der Waals surface area contributed by atoms with Crippen LogP contribution in [0.3, 0.4) is 0 Å². The molecular formula is C22H29N5O3. The minimum atomic E-state index is -0.382. The van der Waals surface area contributed by atoms with Crippen LogP contribution in [0.1, 0.15) is 52.4 Å². The van der Waals surface area contributed by atoms with E-state index in [1.165, 1.54) is 11.0 Å². The SMILES string of the molecule is Cc1ccccc1CN1CCCn2nc(C(=O)N(C)CC(=O)NC(C)C)cc2C1=O. The third-order valence-electron chi connectivity index (χ3n) is 5.10. The summed E-state index contributed by atoms with van der Waals surface area (Å²) in [5.41, 5.74) is 2.83. The Morgan fingerprint density at radius 1 is 1.23 bits per heavy atom. The Morgan fingerprint density at radius 3 is 2.67 bits per heavy atom. The molecule has 0 bridgehead atoms. The van der Waals surface area contributed by atoms with Crippen LogP contribution in [-0.4, -0.2) is 63.5 Å². The molecule has 2 aromatic rings. The molecule has 0 saturated heterocycles. The van der Waals surface area contributed by atoms with E-state index in [1.807, 2.05) is 45.0 Å². The van der Waals surface area contributed by atoms with Gasteiger partial charge < -0.3 is 15.1 Å². The molecule has 160 valence electrons. The molecule has 1 aliphatic rings. The normalized spacial score (nSPS) is 13.8. The Morgan fingerprint density at radius 2 is 1.97 bits per heavy atom. The first-order valence-electron chi connectivity index (χ1n) is 10.2. The number of fused-ring (bicyclic) bond motifs is 1. The van der Waals surface area contributed by atoms with E-state index >= 15 is 0 Å². The molecule has 0 fully saturated rings. The number of nitrogens with one attached hydrogen (secondary N) is 1. The van der Waals surface area contributed by atoms with Gasteiger partial charge in [-0.05, 0) is 38.3 Å². The first-order valence-corrected chi connectivity index (χ1v) is 10.2. The maximum atomic E-state index is 13.1. The molecule has 0 unspecified atom stereocenters. The number of hydrogen-bond donors (Lipinski definition) is 1. The quantitative estimate of drug-likeness (QED) is 0.786. The van der Waals surface area contributed by atoms with Crippen LogP contribution >= 0.6 is 0 Å². The second kappa shape index (κ2) is 9.11. The van der Waals surface area contributed by atoms with E-state index < -0.39 is 0 Å². The average Bonchev–Trinajstić information content (AvgIpc) is 3.05. The molecule has 3 amide bonds. The number of hydrogen-bond acceptors (Lipinski definition) is 4. The van der Waals surface area contributed by atoms with Crippen LogP contribution in [0.25, 0.3) is 0 Å². The Kier molecular flexibility index (Phi) is 6.54. The van der Waals surface area contributed by atoms with Crippen LogP contribution < -0.4 is 5.32 Å². The van der Waals surface area contributed by atoms with Crippen molar-refractivity contribution in [2.75, 3.05) is 20.1 Å². The Balaban J connectivity index is 1.75. The summed E-state index contributed by atoms with van der Waals surface area (Å²) in [6.45, 7) is 7.41. The van der Waals surface area contributed by atoms with Gasteiger partial charge in [0.2, 0.25) is 5.91 Å². The lowest BCUT2D eigenvalue weighted by Gasteiger charge is -2.21. The maximum absolute atomic E-state index is 13.1. The van der Waals surface area contributed by atoms with Gasteiger partial charge in [-0.2, -0.15) is 5.10 Å². The van der Waals surface area contributed by atoms with Crippen molar-refractivity contribution in [2.45, 2.75) is 46.3 Å². The van der Waals surface area contributed by atoms with Gasteiger partial charge in [0.1, 0.15) is 5.69 Å². The van der Waals surface area contributed by atoms with Crippen LogP contribution in [0.15, 0.2) is 30.3 Å². The number of rotatable bonds is 6. The highest BCUT2D eigenvalue weighted by Crippen LogP contribution is 2.18. The van der Waals surface area contributed by atoms with Crippen molar-refractivity contribution in [3.05, 3.63) is 52.8 Å². The molecule has 8 heteroatoms. The lowest BCUT2D eigenvalue weighted by molar-refractivity contribution is -0.122. The van der Waals surface area contributed by atoms with E-state index in [-0.39, 0.29) is 36.0 Å². The molecule has 1 aliphatic heterocycles. The van der Waals surface area contributed by atoms with Crippen molar-refractivity contribution in [2.24, 2.45) is 0 Å². The Labute approximate surface area is 176 Å². The van der Waals surface area contributed by atoms with Gasteiger partial charge in [0, 0.05) is 38.8 Å². The van der Waals surface area contributed by atoms with Crippen LogP contribution in [0.2, 0.25) is 0 Å². The van der Waals surface area contributed by atoms with Crippen LogP contribution in [0, 0.1) is 6.92 Å². The number of aryl methyl sites for hydroxylation is 2. The van der Waals surface area contributed by atoms with E-state index in [0.717, 1.165) is 17.5 Å². The zero-order valence-electron chi connectivity index (χ0n) is 18.0. The molecule has 1 aromatic heterocycles. The minimum Gasteiger partial charge on any atom is -0.352 e. The smallest absolute Gasteiger partial charge is 0.274 e. The number of carbonyl (C=O) groups excluding carboxylic acids is 3. The number of aromatic nitrogens is 2. The van der Waals surface area contributed by atoms with E-state index in [2.05, 4.69) is 10.4 Å². The van der Waals surface area contributed by atoms with Crippen molar-refractivity contribution < 1.29 is 14.4 Å². The fourth-order valence-electron chi connectivity index (χ4n) is 3.53. The zero-order chi connectivity index (χ0) is 21.8. The van der Waals surface area contributed by atoms with Crippen LogP contribution in [0.4, 0.5) is 0 Å². The molecule has 30 heavy (non-hydrogen) atoms. The molecule has 1 aromatic carbocycles. The first kappa shape index (κ1) is 21.5. The zero-order valence-corrected chi connectivity index (χ0v) is 18.0. The highest BCUT2D eigenvalue weighted by Gasteiger charge is 2.28. The van der Waals surface area contributed by atoms with Gasteiger partial charge >= 0.3 is 0 Å². The second-order valence-corrected chi connectivity index (χ2v) is 8.03. The summed E-state index contributed by atoms with van der Waals surface area (Å²) >= 11 is 0. The molecule has 0 spiro atoms. The molecule has 3 rings (SSSR count). The number of likely N-dealkylation sites (N-methyl/N-ethyl adjacent to an activating group) is 1. The lowest BCUT2D eigenvalue weighted by Crippen LogP contribution is -2.41. The minimum absolute atomic E-state index is 0.00141. The Hall–Kier alpha value is -3.16. The highest BCUT2D eigenvalue weighted by atomic mass is 16.2. The summed E-state index contributed by atoms with van der Waals surface area (Å²) in [6, 6.07) is 9.55. The molecule has 0 atom stereocenters. The van der Waals surface area contributed by atoms with Crippen LogP contribution in [0.5, 0.6) is 0 Å². The number of benzene rings is 1. The largest absolute Gasteiger partial charge is 0.352 e. The summed E-state index contributed by atoms with van der Waals surface area (Å²) in [5, 5.41) is 7.11. The van der Waals surface area contributed by atoms with Gasteiger partial charge in [0.05, 0.1) is 6.54 Å². The number of nitrogens with zero attached hydrogens (tertiary/aromatic N) is 4. The number of carbonyl (C=O) groups is 3. The van der Waals surface area contributed by atoms with Crippen molar-refractivity contribution in [1.82, 2.24) is 24.9 Å². The van der Waals surface area contributed by atoms with Gasteiger partial charge in [-0.1, -0.05) is 24.3 Å². The summed E-state index contributed by atoms with van der Waals surface area (Å²) < 4.78 is 1.61. The fraction of sp³-hybridized carbons (Fsp3) is 0.455. The van der Waals surface area contributed by atoms with E-state index in [4.69, 9.17) is 0 Å². The predicted molar refractivity (Wildman–Crippen MR) is 113 cm³/mol. The van der Waals surface area contributed by atoms with Gasteiger partial charge in [-0.15, -0.1) is 0 Å². The van der Waals surface area contributed by atoms with E-state index in [1.54, 1.807) is 16.6 Å². The molecule has 1 N–H and O–H groups in total. The molecule has 2 heterocycles. The van der Waals surface area contributed by atoms with Crippen molar-refractivity contribution >= 4 is 17.7 Å². The summed E-state index contributed by atoms with van der Waals surface area (Å²) in [4.78, 5) is 40.9. The molecule has 0 aliphatic carbocycles. The third-order valence-corrected chi connectivity index (χ3v) is 5.10. The van der Waals surface area contributed by atoms with Crippen molar-refractivity contribution in [1.29, 1.82) is 0 Å². The fourth-order valence-corrected chi connectivity index (χ4v) is 3.53. The summed E-state index contributed by atoms with van der Waals surface area (Å²) in [5.74, 6) is -0.752. The predicted octanol–water partition coefficient (Wildman–Crippen LogP) is 1.83. The van der Waals surface area contributed by atoms with Crippen LogP contribution in [-0.2, 0) is 17.9 Å². The summed E-state index contributed by atoms with van der Waals surface area (Å²) in [6.07, 6.45) is 0.757. The monoisotopic (exact) mass is 411 g/mol. The Bertz CT molecular complexity index is 950. The topological polar surface area (TPSA) is 87.5 Å². The van der Waals surface area contributed by atoms with E-state index in [0.29, 0.717) is 25.3 Å². The van der Waals surface area contributed by atoms with Crippen molar-refractivity contribution in [3.63, 3.8) is 0 Å². The van der Waals surface area contributed by atoms with E-state index in [9.17, 15) is 14.4 Å². The highest BCUT2D eigenvalue weighted by molar-refractivity contribution is 5.99. The number of amides is 3. The maximum Gasteiger partial charge on any atom is 0.274 e. The first-order chi connectivity index (χ1) is 14.3. The van der Waals surface area contributed by atoms with Crippen molar-refractivity contribution in [3.8, 4) is 0 Å². The molecule has 8 nitrogen and oxygen atoms in total. The van der Waals surface area contributed by atoms with Gasteiger partial charge in [0.15, 0.2) is 5.69 Å². The van der Waals surface area contributed by atoms with Gasteiger partial charge in [-0.3, -0.25) is 19.1 Å². The standard InChI is InChI=1S/C22H29N5O3/c1-15(2)23-20(28)14-25(4)21(29)18-12-19-22(30)26(10-7-11-27(19)24-18)13-17-9-6-5-8-16(17)3/h5-6,8-9,12,15H,7,10-11,13-14H2,1-4H3,(H,23,28). The average molecular weight is 412 g/mol. The van der Waals surface area contributed by atoms with Gasteiger partial charge in [0.25, 0.3) is 11.8 Å². The molecule has 0 radical (unpaired) electrons.